The van der Waals surface area contributed by atoms with Crippen molar-refractivity contribution in [3.05, 3.63) is 78.2 Å². The van der Waals surface area contributed by atoms with Crippen LogP contribution in [0.1, 0.15) is 11.1 Å². The highest BCUT2D eigenvalue weighted by molar-refractivity contribution is 7.78. The van der Waals surface area contributed by atoms with E-state index >= 15 is 0 Å². The molecule has 0 amide bonds. The van der Waals surface area contributed by atoms with Crippen LogP contribution in [0.2, 0.25) is 0 Å². The van der Waals surface area contributed by atoms with Crippen LogP contribution >= 0.6 is 24.4 Å². The van der Waals surface area contributed by atoms with Gasteiger partial charge in [-0.2, -0.15) is 9.98 Å². The second kappa shape index (κ2) is 9.60. The highest BCUT2D eigenvalue weighted by atomic mass is 32.1. The number of pyridine rings is 1. The van der Waals surface area contributed by atoms with Gasteiger partial charge in [0.15, 0.2) is 5.82 Å². The van der Waals surface area contributed by atoms with Gasteiger partial charge in [-0.25, -0.2) is 9.97 Å². The molecule has 0 radical (unpaired) electrons. The van der Waals surface area contributed by atoms with Gasteiger partial charge in [0.1, 0.15) is 0 Å². The van der Waals surface area contributed by atoms with Crippen LogP contribution in [-0.4, -0.2) is 25.3 Å². The van der Waals surface area contributed by atoms with Gasteiger partial charge in [0.25, 0.3) is 0 Å². The van der Waals surface area contributed by atoms with Gasteiger partial charge in [-0.05, 0) is 96.9 Å². The van der Waals surface area contributed by atoms with Crippen LogP contribution in [0.3, 0.4) is 0 Å². The molecule has 0 aliphatic heterocycles. The molecule has 4 aromatic rings. The van der Waals surface area contributed by atoms with Gasteiger partial charge in [0.05, 0.1) is 27.4 Å². The van der Waals surface area contributed by atoms with Gasteiger partial charge in [0, 0.05) is 29.7 Å². The van der Waals surface area contributed by atoms with E-state index < -0.39 is 0 Å². The van der Waals surface area contributed by atoms with Crippen molar-refractivity contribution in [2.45, 2.75) is 13.8 Å². The summed E-state index contributed by atoms with van der Waals surface area (Å²) in [5.41, 5.74) is 7.83. The highest BCUT2D eigenvalue weighted by Crippen LogP contribution is 2.40. The predicted octanol–water partition coefficient (Wildman–Crippen LogP) is 6.96. The molecule has 2 aromatic carbocycles. The van der Waals surface area contributed by atoms with E-state index in [0.29, 0.717) is 17.2 Å². The van der Waals surface area contributed by atoms with Crippen LogP contribution in [0.25, 0.3) is 33.8 Å². The molecule has 5 nitrogen and oxygen atoms in total. The van der Waals surface area contributed by atoms with Gasteiger partial charge < -0.3 is 0 Å². The molecule has 0 N–H and O–H groups in total. The number of aryl methyl sites for hydroxylation is 2. The zero-order chi connectivity index (χ0) is 22.5. The second-order valence-corrected chi connectivity index (χ2v) is 7.54. The fourth-order valence-corrected chi connectivity index (χ4v) is 3.54. The number of thiocarbonyl (C=S) groups is 2. The summed E-state index contributed by atoms with van der Waals surface area (Å²) in [6.45, 7) is 3.96. The van der Waals surface area contributed by atoms with Crippen LogP contribution in [0, 0.1) is 13.8 Å². The van der Waals surface area contributed by atoms with E-state index in [2.05, 4.69) is 35.3 Å². The standard InChI is InChI=1S/C25H17N5S2/c1-16-3-8-24(26-11-16)20-6-4-18(29-14-31)9-22(20)23-10-19(30-15-32)5-7-21(23)25-27-12-17(2)13-28-25/h3-13H,1-2H3. The molecule has 0 unspecified atom stereocenters. The fraction of sp³-hybridized carbons (Fsp3) is 0.0800. The summed E-state index contributed by atoms with van der Waals surface area (Å²) in [5.74, 6) is 0.607. The van der Waals surface area contributed by atoms with Crippen LogP contribution in [0.15, 0.2) is 77.1 Å². The molecule has 2 aromatic heterocycles. The molecule has 0 aliphatic rings. The van der Waals surface area contributed by atoms with Crippen molar-refractivity contribution in [1.29, 1.82) is 0 Å². The lowest BCUT2D eigenvalue weighted by atomic mass is 9.92. The number of aromatic nitrogens is 3. The molecule has 2 heterocycles. The van der Waals surface area contributed by atoms with Crippen LogP contribution in [-0.2, 0) is 0 Å². The van der Waals surface area contributed by atoms with E-state index in [-0.39, 0.29) is 0 Å². The third-order valence-electron chi connectivity index (χ3n) is 4.86. The monoisotopic (exact) mass is 451 g/mol. The smallest absolute Gasteiger partial charge is 0.159 e. The summed E-state index contributed by atoms with van der Waals surface area (Å²) in [6, 6.07) is 15.6. The first-order valence-electron chi connectivity index (χ1n) is 9.75. The molecule has 0 spiro atoms. The molecule has 0 bridgehead atoms. The molecular weight excluding hydrogens is 434 g/mol. The minimum absolute atomic E-state index is 0.607. The third kappa shape index (κ3) is 4.62. The maximum Gasteiger partial charge on any atom is 0.159 e. The summed E-state index contributed by atoms with van der Waals surface area (Å²) < 4.78 is 0. The fourth-order valence-electron chi connectivity index (χ4n) is 3.33. The Morgan fingerprint density at radius 2 is 1.19 bits per heavy atom. The summed E-state index contributed by atoms with van der Waals surface area (Å²) in [4.78, 5) is 22.1. The Morgan fingerprint density at radius 3 is 1.75 bits per heavy atom. The highest BCUT2D eigenvalue weighted by Gasteiger charge is 2.16. The zero-order valence-electron chi connectivity index (χ0n) is 17.4. The van der Waals surface area contributed by atoms with Crippen molar-refractivity contribution < 1.29 is 0 Å². The maximum absolute atomic E-state index is 4.82. The molecule has 7 heteroatoms. The molecule has 0 saturated heterocycles. The van der Waals surface area contributed by atoms with Gasteiger partial charge >= 0.3 is 0 Å². The van der Waals surface area contributed by atoms with Crippen LogP contribution in [0.4, 0.5) is 11.4 Å². The number of aliphatic imine (C=N–C) groups is 2. The van der Waals surface area contributed by atoms with E-state index in [0.717, 1.165) is 39.1 Å². The molecular formula is C25H17N5S2. The molecule has 0 aliphatic carbocycles. The molecule has 0 atom stereocenters. The van der Waals surface area contributed by atoms with Crippen molar-refractivity contribution >= 4 is 46.1 Å². The topological polar surface area (TPSA) is 63.4 Å². The van der Waals surface area contributed by atoms with Gasteiger partial charge in [0.2, 0.25) is 0 Å². The van der Waals surface area contributed by atoms with Crippen molar-refractivity contribution in [1.82, 2.24) is 15.0 Å². The summed E-state index contributed by atoms with van der Waals surface area (Å²) in [6.07, 6.45) is 5.44. The lowest BCUT2D eigenvalue weighted by Gasteiger charge is -2.15. The number of nitrogens with zero attached hydrogens (tertiary/aromatic N) is 5. The minimum atomic E-state index is 0.607. The SMILES string of the molecule is Cc1ccc(-c2ccc(N=C=S)cc2-c2cc(N=C=S)ccc2-c2ncc(C)cn2)nc1. The van der Waals surface area contributed by atoms with E-state index in [1.54, 1.807) is 12.4 Å². The Bertz CT molecular complexity index is 1270. The average Bonchev–Trinajstić information content (AvgIpc) is 2.81. The summed E-state index contributed by atoms with van der Waals surface area (Å²) in [5, 5.41) is 4.88. The lowest BCUT2D eigenvalue weighted by molar-refractivity contribution is 1.14. The van der Waals surface area contributed by atoms with Crippen LogP contribution in [0.5, 0.6) is 0 Å². The average molecular weight is 452 g/mol. The van der Waals surface area contributed by atoms with Crippen molar-refractivity contribution in [2.24, 2.45) is 9.98 Å². The van der Waals surface area contributed by atoms with Gasteiger partial charge in [-0.15, -0.1) is 0 Å². The van der Waals surface area contributed by atoms with E-state index in [9.17, 15) is 0 Å². The first-order chi connectivity index (χ1) is 15.6. The van der Waals surface area contributed by atoms with E-state index in [4.69, 9.17) is 24.4 Å². The van der Waals surface area contributed by atoms with Crippen LogP contribution < -0.4 is 0 Å². The van der Waals surface area contributed by atoms with Crippen molar-refractivity contribution in [3.63, 3.8) is 0 Å². The number of benzene rings is 2. The molecule has 0 saturated carbocycles. The Morgan fingerprint density at radius 1 is 0.625 bits per heavy atom. The van der Waals surface area contributed by atoms with Crippen molar-refractivity contribution in [3.8, 4) is 33.8 Å². The Balaban J connectivity index is 2.03. The quantitative estimate of drug-likeness (QED) is 0.242. The van der Waals surface area contributed by atoms with E-state index in [1.165, 1.54) is 0 Å². The lowest BCUT2D eigenvalue weighted by Crippen LogP contribution is -1.95. The molecule has 32 heavy (non-hydrogen) atoms. The number of hydrogen-bond acceptors (Lipinski definition) is 7. The number of isothiocyanates is 2. The minimum Gasteiger partial charge on any atom is -0.256 e. The van der Waals surface area contributed by atoms with Gasteiger partial charge in [-0.1, -0.05) is 12.1 Å². The van der Waals surface area contributed by atoms with Gasteiger partial charge in [-0.3, -0.25) is 4.98 Å². The van der Waals surface area contributed by atoms with E-state index in [1.807, 2.05) is 68.6 Å². The summed E-state index contributed by atoms with van der Waals surface area (Å²) >= 11 is 9.64. The first-order valence-corrected chi connectivity index (χ1v) is 10.6. The Hall–Kier alpha value is -3.73. The number of hydrogen-bond donors (Lipinski definition) is 0. The Kier molecular flexibility index (Phi) is 6.45. The molecule has 0 fully saturated rings. The molecule has 154 valence electrons. The number of rotatable bonds is 5. The van der Waals surface area contributed by atoms with Crippen molar-refractivity contribution in [2.75, 3.05) is 0 Å². The Labute approximate surface area is 196 Å². The first kappa shape index (κ1) is 21.5. The summed E-state index contributed by atoms with van der Waals surface area (Å²) in [7, 11) is 0. The second-order valence-electron chi connectivity index (χ2n) is 7.17. The third-order valence-corrected chi connectivity index (χ3v) is 5.04. The largest absolute Gasteiger partial charge is 0.256 e. The normalized spacial score (nSPS) is 10.2. The maximum atomic E-state index is 4.82. The predicted molar refractivity (Wildman–Crippen MR) is 135 cm³/mol. The molecule has 4 rings (SSSR count). The zero-order valence-corrected chi connectivity index (χ0v) is 19.0.